The molecule has 0 aliphatic carbocycles. The van der Waals surface area contributed by atoms with Gasteiger partial charge in [-0.25, -0.2) is 0 Å². The minimum absolute atomic E-state index is 0.0145. The number of rotatable bonds is 5. The van der Waals surface area contributed by atoms with E-state index in [2.05, 4.69) is 11.9 Å². The molecular formula is C16H26N2O3. The van der Waals surface area contributed by atoms with E-state index in [0.29, 0.717) is 23.8 Å². The molecule has 5 nitrogen and oxygen atoms in total. The topological polar surface area (TPSA) is 57.0 Å². The second kappa shape index (κ2) is 6.54. The van der Waals surface area contributed by atoms with Crippen LogP contribution in [-0.2, 0) is 5.41 Å². The van der Waals surface area contributed by atoms with Crippen molar-refractivity contribution in [3.63, 3.8) is 0 Å². The molecule has 21 heavy (non-hydrogen) atoms. The van der Waals surface area contributed by atoms with E-state index in [1.54, 1.807) is 21.3 Å². The standard InChI is InChI=1S/C16H26N2O3/c1-18-7-5-16(11-17,6-8-18)12-9-13(19-2)15(21-4)14(10-12)20-3/h9-10H,5-8,11,17H2,1-4H3. The summed E-state index contributed by atoms with van der Waals surface area (Å²) < 4.78 is 16.3. The number of hydrogen-bond donors (Lipinski definition) is 1. The summed E-state index contributed by atoms with van der Waals surface area (Å²) in [6.45, 7) is 2.72. The highest BCUT2D eigenvalue weighted by molar-refractivity contribution is 5.55. The van der Waals surface area contributed by atoms with E-state index in [1.165, 1.54) is 5.56 Å². The third kappa shape index (κ3) is 2.94. The SMILES string of the molecule is COc1cc(C2(CN)CCN(C)CC2)cc(OC)c1OC. The Balaban J connectivity index is 2.46. The number of nitrogens with two attached hydrogens (primary N) is 1. The van der Waals surface area contributed by atoms with Crippen molar-refractivity contribution >= 4 is 0 Å². The van der Waals surface area contributed by atoms with Crippen LogP contribution in [0.5, 0.6) is 17.2 Å². The summed E-state index contributed by atoms with van der Waals surface area (Å²) in [5.74, 6) is 2.01. The zero-order valence-electron chi connectivity index (χ0n) is 13.4. The molecule has 0 spiro atoms. The van der Waals surface area contributed by atoms with Gasteiger partial charge in [0.2, 0.25) is 5.75 Å². The van der Waals surface area contributed by atoms with Crippen molar-refractivity contribution in [1.29, 1.82) is 0 Å². The Morgan fingerprint density at radius 1 is 1.05 bits per heavy atom. The third-order valence-electron chi connectivity index (χ3n) is 4.61. The van der Waals surface area contributed by atoms with Crippen LogP contribution < -0.4 is 19.9 Å². The van der Waals surface area contributed by atoms with Gasteiger partial charge in [0.25, 0.3) is 0 Å². The first kappa shape index (κ1) is 15.9. The Bertz CT molecular complexity index is 457. The fourth-order valence-corrected chi connectivity index (χ4v) is 3.04. The second-order valence-electron chi connectivity index (χ2n) is 5.70. The first-order valence-corrected chi connectivity index (χ1v) is 7.29. The van der Waals surface area contributed by atoms with E-state index in [0.717, 1.165) is 25.9 Å². The molecule has 1 fully saturated rings. The fourth-order valence-electron chi connectivity index (χ4n) is 3.04. The first-order valence-electron chi connectivity index (χ1n) is 7.29. The van der Waals surface area contributed by atoms with E-state index in [4.69, 9.17) is 19.9 Å². The van der Waals surface area contributed by atoms with Gasteiger partial charge >= 0.3 is 0 Å². The van der Waals surface area contributed by atoms with Gasteiger partial charge in [-0.15, -0.1) is 0 Å². The van der Waals surface area contributed by atoms with Crippen molar-refractivity contribution in [3.8, 4) is 17.2 Å². The van der Waals surface area contributed by atoms with Crippen LogP contribution in [0.2, 0.25) is 0 Å². The normalized spacial score (nSPS) is 18.3. The van der Waals surface area contributed by atoms with Crippen LogP contribution in [0.4, 0.5) is 0 Å². The molecule has 0 amide bonds. The van der Waals surface area contributed by atoms with Crippen molar-refractivity contribution in [1.82, 2.24) is 4.90 Å². The lowest BCUT2D eigenvalue weighted by atomic mass is 9.72. The number of nitrogens with zero attached hydrogens (tertiary/aromatic N) is 1. The molecule has 5 heteroatoms. The van der Waals surface area contributed by atoms with Crippen molar-refractivity contribution in [2.24, 2.45) is 5.73 Å². The molecule has 2 N–H and O–H groups in total. The number of methoxy groups -OCH3 is 3. The predicted molar refractivity (Wildman–Crippen MR) is 83.6 cm³/mol. The molecule has 1 saturated heterocycles. The lowest BCUT2D eigenvalue weighted by Gasteiger charge is -2.40. The molecule has 0 aromatic heterocycles. The minimum atomic E-state index is -0.0145. The molecule has 0 bridgehead atoms. The van der Waals surface area contributed by atoms with Gasteiger partial charge in [-0.05, 0) is 50.7 Å². The van der Waals surface area contributed by atoms with E-state index in [-0.39, 0.29) is 5.41 Å². The zero-order chi connectivity index (χ0) is 15.5. The molecule has 1 aromatic carbocycles. The van der Waals surface area contributed by atoms with Gasteiger partial charge in [0.05, 0.1) is 21.3 Å². The number of ether oxygens (including phenoxy) is 3. The smallest absolute Gasteiger partial charge is 0.203 e. The van der Waals surface area contributed by atoms with Gasteiger partial charge in [-0.3, -0.25) is 0 Å². The van der Waals surface area contributed by atoms with E-state index in [9.17, 15) is 0 Å². The van der Waals surface area contributed by atoms with Crippen LogP contribution in [0.15, 0.2) is 12.1 Å². The quantitative estimate of drug-likeness (QED) is 0.894. The monoisotopic (exact) mass is 294 g/mol. The Kier molecular flexibility index (Phi) is 4.96. The summed E-state index contributed by atoms with van der Waals surface area (Å²) >= 11 is 0. The molecule has 1 aliphatic heterocycles. The number of piperidine rings is 1. The van der Waals surface area contributed by atoms with Crippen molar-refractivity contribution < 1.29 is 14.2 Å². The van der Waals surface area contributed by atoms with Gasteiger partial charge in [-0.2, -0.15) is 0 Å². The van der Waals surface area contributed by atoms with Crippen LogP contribution in [0.25, 0.3) is 0 Å². The Morgan fingerprint density at radius 2 is 1.57 bits per heavy atom. The summed E-state index contributed by atoms with van der Waals surface area (Å²) in [6, 6.07) is 4.08. The molecule has 0 atom stereocenters. The molecule has 0 unspecified atom stereocenters. The Hall–Kier alpha value is -1.46. The molecule has 2 rings (SSSR count). The third-order valence-corrected chi connectivity index (χ3v) is 4.61. The van der Waals surface area contributed by atoms with Gasteiger partial charge in [-0.1, -0.05) is 0 Å². The van der Waals surface area contributed by atoms with Crippen LogP contribution >= 0.6 is 0 Å². The van der Waals surface area contributed by atoms with Crippen molar-refractivity contribution in [2.45, 2.75) is 18.3 Å². The number of hydrogen-bond acceptors (Lipinski definition) is 5. The fraction of sp³-hybridized carbons (Fsp3) is 0.625. The number of likely N-dealkylation sites (tertiary alicyclic amines) is 1. The predicted octanol–water partition coefficient (Wildman–Crippen LogP) is 1.63. The zero-order valence-corrected chi connectivity index (χ0v) is 13.4. The van der Waals surface area contributed by atoms with E-state index >= 15 is 0 Å². The second-order valence-corrected chi connectivity index (χ2v) is 5.70. The van der Waals surface area contributed by atoms with Gasteiger partial charge in [0.1, 0.15) is 0 Å². The molecular weight excluding hydrogens is 268 g/mol. The summed E-state index contributed by atoms with van der Waals surface area (Å²) in [5, 5.41) is 0. The lowest BCUT2D eigenvalue weighted by Crippen LogP contribution is -2.45. The van der Waals surface area contributed by atoms with E-state index < -0.39 is 0 Å². The highest BCUT2D eigenvalue weighted by Gasteiger charge is 2.35. The first-order chi connectivity index (χ1) is 10.1. The molecule has 118 valence electrons. The maximum atomic E-state index is 6.14. The van der Waals surface area contributed by atoms with Crippen molar-refractivity contribution in [2.75, 3.05) is 48.0 Å². The van der Waals surface area contributed by atoms with Gasteiger partial charge < -0.3 is 24.8 Å². The number of benzene rings is 1. The highest BCUT2D eigenvalue weighted by atomic mass is 16.5. The lowest BCUT2D eigenvalue weighted by molar-refractivity contribution is 0.191. The molecule has 0 radical (unpaired) electrons. The average Bonchev–Trinajstić information content (AvgIpc) is 2.54. The van der Waals surface area contributed by atoms with Gasteiger partial charge in [0, 0.05) is 12.0 Å². The summed E-state index contributed by atoms with van der Waals surface area (Å²) in [5.41, 5.74) is 7.30. The highest BCUT2D eigenvalue weighted by Crippen LogP contribution is 2.44. The van der Waals surface area contributed by atoms with Crippen LogP contribution in [0, 0.1) is 0 Å². The largest absolute Gasteiger partial charge is 0.493 e. The summed E-state index contributed by atoms with van der Waals surface area (Å²) in [6.07, 6.45) is 2.08. The molecule has 1 aliphatic rings. The van der Waals surface area contributed by atoms with Crippen LogP contribution in [0.1, 0.15) is 18.4 Å². The van der Waals surface area contributed by atoms with Crippen molar-refractivity contribution in [3.05, 3.63) is 17.7 Å². The minimum Gasteiger partial charge on any atom is -0.493 e. The maximum Gasteiger partial charge on any atom is 0.203 e. The molecule has 1 aromatic rings. The Labute approximate surface area is 127 Å². The average molecular weight is 294 g/mol. The Morgan fingerprint density at radius 3 is 1.95 bits per heavy atom. The summed E-state index contributed by atoms with van der Waals surface area (Å²) in [7, 11) is 7.06. The molecule has 0 saturated carbocycles. The maximum absolute atomic E-state index is 6.14. The van der Waals surface area contributed by atoms with Crippen LogP contribution in [0.3, 0.4) is 0 Å². The summed E-state index contributed by atoms with van der Waals surface area (Å²) in [4.78, 5) is 2.34. The van der Waals surface area contributed by atoms with Crippen LogP contribution in [-0.4, -0.2) is 52.9 Å². The molecule has 1 heterocycles. The van der Waals surface area contributed by atoms with Gasteiger partial charge in [0.15, 0.2) is 11.5 Å². The van der Waals surface area contributed by atoms with E-state index in [1.807, 2.05) is 12.1 Å².